The third-order valence-electron chi connectivity index (χ3n) is 6.52. The summed E-state index contributed by atoms with van der Waals surface area (Å²) in [5.41, 5.74) is 2.58. The first kappa shape index (κ1) is 23.5. The van der Waals surface area contributed by atoms with Gasteiger partial charge in [-0.3, -0.25) is 19.4 Å². The van der Waals surface area contributed by atoms with Gasteiger partial charge in [-0.2, -0.15) is 0 Å². The second kappa shape index (κ2) is 9.41. The molecule has 1 atom stereocenters. The van der Waals surface area contributed by atoms with Crippen LogP contribution >= 0.6 is 0 Å². The Morgan fingerprint density at radius 1 is 1.00 bits per heavy atom. The molecule has 9 heteroatoms. The number of furan rings is 1. The lowest BCUT2D eigenvalue weighted by Crippen LogP contribution is -2.40. The number of amides is 3. The van der Waals surface area contributed by atoms with Crippen molar-refractivity contribution in [2.24, 2.45) is 0 Å². The zero-order valence-corrected chi connectivity index (χ0v) is 20.3. The summed E-state index contributed by atoms with van der Waals surface area (Å²) >= 11 is 0. The summed E-state index contributed by atoms with van der Waals surface area (Å²) < 4.78 is 22.4. The fourth-order valence-corrected chi connectivity index (χ4v) is 4.82. The summed E-state index contributed by atoms with van der Waals surface area (Å²) in [7, 11) is 3.13. The monoisotopic (exact) mass is 490 g/mol. The number of hydrogen-bond acceptors (Lipinski definition) is 7. The Kier molecular flexibility index (Phi) is 6.13. The normalized spacial score (nSPS) is 16.6. The lowest BCUT2D eigenvalue weighted by molar-refractivity contribution is 0.0629. The minimum atomic E-state index is -0.580. The van der Waals surface area contributed by atoms with Gasteiger partial charge in [0.05, 0.1) is 38.5 Å². The number of benzene rings is 2. The van der Waals surface area contributed by atoms with Crippen molar-refractivity contribution in [1.29, 1.82) is 0 Å². The number of nitrogens with zero attached hydrogens (tertiary/aromatic N) is 2. The molecule has 9 nitrogen and oxygen atoms in total. The van der Waals surface area contributed by atoms with Crippen molar-refractivity contribution in [1.82, 2.24) is 9.80 Å². The largest absolute Gasteiger partial charge is 0.493 e. The minimum Gasteiger partial charge on any atom is -0.493 e. The summed E-state index contributed by atoms with van der Waals surface area (Å²) in [6, 6.07) is 13.4. The molecular weight excluding hydrogens is 464 g/mol. The maximum Gasteiger partial charge on any atom is 0.410 e. The number of imide groups is 1. The molecule has 0 saturated heterocycles. The smallest absolute Gasteiger partial charge is 0.410 e. The molecule has 0 bridgehead atoms. The van der Waals surface area contributed by atoms with Gasteiger partial charge in [0.25, 0.3) is 11.8 Å². The molecule has 2 aromatic carbocycles. The Morgan fingerprint density at radius 2 is 1.67 bits per heavy atom. The Labute approximate surface area is 208 Å². The molecule has 1 aromatic heterocycles. The van der Waals surface area contributed by atoms with E-state index in [2.05, 4.69) is 0 Å². The molecule has 0 N–H and O–H groups in total. The second-order valence-electron chi connectivity index (χ2n) is 8.50. The van der Waals surface area contributed by atoms with E-state index in [-0.39, 0.29) is 25.0 Å². The van der Waals surface area contributed by atoms with Gasteiger partial charge in [-0.05, 0) is 60.9 Å². The van der Waals surface area contributed by atoms with Gasteiger partial charge in [0.2, 0.25) is 0 Å². The predicted octanol–water partition coefficient (Wildman–Crippen LogP) is 4.20. The second-order valence-corrected chi connectivity index (χ2v) is 8.50. The fourth-order valence-electron chi connectivity index (χ4n) is 4.82. The van der Waals surface area contributed by atoms with Crippen molar-refractivity contribution in [3.63, 3.8) is 0 Å². The van der Waals surface area contributed by atoms with Gasteiger partial charge in [-0.15, -0.1) is 0 Å². The van der Waals surface area contributed by atoms with Gasteiger partial charge >= 0.3 is 6.09 Å². The van der Waals surface area contributed by atoms with Crippen molar-refractivity contribution in [2.75, 3.05) is 27.4 Å². The van der Waals surface area contributed by atoms with Gasteiger partial charge in [0.1, 0.15) is 17.6 Å². The highest BCUT2D eigenvalue weighted by atomic mass is 16.6. The average Bonchev–Trinajstić information content (AvgIpc) is 3.46. The standard InChI is InChI=1S/C27H26N2O7/c1-4-35-27(32)28-12-11-16-13-22(33-2)23(34-3)14-20(16)24(28)21-10-9-17(36-21)15-29-25(30)18-7-5-6-8-19(18)26(29)31/h5-10,13-14,24H,4,11-12,15H2,1-3H3. The first-order valence-electron chi connectivity index (χ1n) is 11.7. The average molecular weight is 491 g/mol. The molecule has 3 amide bonds. The minimum absolute atomic E-state index is 0.0166. The Bertz CT molecular complexity index is 1310. The molecule has 36 heavy (non-hydrogen) atoms. The van der Waals surface area contributed by atoms with E-state index in [1.165, 1.54) is 4.90 Å². The number of fused-ring (bicyclic) bond motifs is 2. The van der Waals surface area contributed by atoms with Crippen LogP contribution in [0.15, 0.2) is 52.9 Å². The molecular formula is C27H26N2O7. The first-order valence-corrected chi connectivity index (χ1v) is 11.7. The highest BCUT2D eigenvalue weighted by Gasteiger charge is 2.38. The summed E-state index contributed by atoms with van der Waals surface area (Å²) in [6.45, 7) is 2.40. The SMILES string of the molecule is CCOC(=O)N1CCc2cc(OC)c(OC)cc2C1c1ccc(CN2C(=O)c3ccccc3C2=O)o1. The van der Waals surface area contributed by atoms with Crippen LogP contribution in [0.4, 0.5) is 4.79 Å². The molecule has 0 saturated carbocycles. The quantitative estimate of drug-likeness (QED) is 0.478. The predicted molar refractivity (Wildman–Crippen MR) is 128 cm³/mol. The topological polar surface area (TPSA) is 98.5 Å². The van der Waals surface area contributed by atoms with Gasteiger partial charge in [-0.25, -0.2) is 4.79 Å². The highest BCUT2D eigenvalue weighted by Crippen LogP contribution is 2.42. The molecule has 3 aromatic rings. The molecule has 0 spiro atoms. The zero-order valence-electron chi connectivity index (χ0n) is 20.3. The van der Waals surface area contributed by atoms with E-state index in [1.54, 1.807) is 62.4 Å². The third kappa shape index (κ3) is 3.86. The third-order valence-corrected chi connectivity index (χ3v) is 6.52. The lowest BCUT2D eigenvalue weighted by Gasteiger charge is -2.35. The number of rotatable bonds is 6. The molecule has 186 valence electrons. The molecule has 2 aliphatic heterocycles. The zero-order chi connectivity index (χ0) is 25.4. The molecule has 0 aliphatic carbocycles. The molecule has 2 aliphatic rings. The number of ether oxygens (including phenoxy) is 3. The van der Waals surface area contributed by atoms with Crippen LogP contribution in [0.25, 0.3) is 0 Å². The van der Waals surface area contributed by atoms with E-state index in [4.69, 9.17) is 18.6 Å². The van der Waals surface area contributed by atoms with Crippen LogP contribution < -0.4 is 9.47 Å². The van der Waals surface area contributed by atoms with Crippen LogP contribution in [0.5, 0.6) is 11.5 Å². The first-order chi connectivity index (χ1) is 17.5. The van der Waals surface area contributed by atoms with Crippen molar-refractivity contribution in [3.8, 4) is 11.5 Å². The molecule has 0 radical (unpaired) electrons. The van der Waals surface area contributed by atoms with Crippen LogP contribution in [0.1, 0.15) is 56.3 Å². The van der Waals surface area contributed by atoms with E-state index in [9.17, 15) is 14.4 Å². The Balaban J connectivity index is 1.50. The number of carbonyl (C=O) groups excluding carboxylic acids is 3. The van der Waals surface area contributed by atoms with Crippen LogP contribution in [0.3, 0.4) is 0 Å². The van der Waals surface area contributed by atoms with Gasteiger partial charge in [-0.1, -0.05) is 12.1 Å². The van der Waals surface area contributed by atoms with E-state index >= 15 is 0 Å². The van der Waals surface area contributed by atoms with Gasteiger partial charge < -0.3 is 18.6 Å². The lowest BCUT2D eigenvalue weighted by atomic mass is 9.90. The number of methoxy groups -OCH3 is 2. The maximum absolute atomic E-state index is 12.9. The van der Waals surface area contributed by atoms with Crippen LogP contribution in [0.2, 0.25) is 0 Å². The molecule has 5 rings (SSSR count). The van der Waals surface area contributed by atoms with Crippen molar-refractivity contribution < 1.29 is 33.0 Å². The molecule has 3 heterocycles. The van der Waals surface area contributed by atoms with Crippen LogP contribution in [0, 0.1) is 0 Å². The van der Waals surface area contributed by atoms with Crippen LogP contribution in [-0.4, -0.2) is 55.1 Å². The summed E-state index contributed by atoms with van der Waals surface area (Å²) in [5.74, 6) is 1.33. The van der Waals surface area contributed by atoms with Gasteiger partial charge in [0, 0.05) is 6.54 Å². The van der Waals surface area contributed by atoms with Gasteiger partial charge in [0.15, 0.2) is 11.5 Å². The molecule has 0 fully saturated rings. The Hall–Kier alpha value is -4.27. The Morgan fingerprint density at radius 3 is 2.31 bits per heavy atom. The maximum atomic E-state index is 12.9. The van der Waals surface area contributed by atoms with Crippen LogP contribution in [-0.2, 0) is 17.7 Å². The summed E-state index contributed by atoms with van der Waals surface area (Å²) in [4.78, 5) is 41.2. The van der Waals surface area contributed by atoms with E-state index in [0.717, 1.165) is 11.1 Å². The fraction of sp³-hybridized carbons (Fsp3) is 0.296. The van der Waals surface area contributed by atoms with Crippen molar-refractivity contribution in [3.05, 3.63) is 82.3 Å². The highest BCUT2D eigenvalue weighted by molar-refractivity contribution is 6.21. The summed E-state index contributed by atoms with van der Waals surface area (Å²) in [5, 5.41) is 0. The summed E-state index contributed by atoms with van der Waals surface area (Å²) in [6.07, 6.45) is 0.148. The molecule has 1 unspecified atom stereocenters. The number of carbonyl (C=O) groups is 3. The van der Waals surface area contributed by atoms with E-state index in [1.807, 2.05) is 12.1 Å². The number of hydrogen-bond donors (Lipinski definition) is 0. The van der Waals surface area contributed by atoms with E-state index in [0.29, 0.717) is 47.1 Å². The van der Waals surface area contributed by atoms with Crippen molar-refractivity contribution >= 4 is 17.9 Å². The van der Waals surface area contributed by atoms with Crippen molar-refractivity contribution in [2.45, 2.75) is 25.9 Å². The van der Waals surface area contributed by atoms with E-state index < -0.39 is 12.1 Å².